The first kappa shape index (κ1) is 25.1. The van der Waals surface area contributed by atoms with Gasteiger partial charge in [0.15, 0.2) is 0 Å². The summed E-state index contributed by atoms with van der Waals surface area (Å²) in [6.07, 6.45) is -2.34. The molecule has 0 radical (unpaired) electrons. The highest BCUT2D eigenvalue weighted by molar-refractivity contribution is 5.87. The SMILES string of the molecule is CNCCN(C)C(=O)OCc1ccc(N(C)C(=O)OC(OC(=O)CN)N(C)C)cc1. The number of esters is 1. The molecule has 3 N–H and O–H groups in total. The van der Waals surface area contributed by atoms with Gasteiger partial charge < -0.3 is 30.2 Å². The summed E-state index contributed by atoms with van der Waals surface area (Å²) < 4.78 is 15.4. The number of anilines is 1. The fourth-order valence-corrected chi connectivity index (χ4v) is 2.11. The topological polar surface area (TPSA) is 127 Å². The molecule has 0 aliphatic heterocycles. The van der Waals surface area contributed by atoms with E-state index in [4.69, 9.17) is 19.9 Å². The molecule has 168 valence electrons. The van der Waals surface area contributed by atoms with E-state index in [0.717, 1.165) is 5.56 Å². The summed E-state index contributed by atoms with van der Waals surface area (Å²) in [6, 6.07) is 6.84. The molecule has 0 aliphatic rings. The standard InChI is InChI=1S/C19H31N5O6/c1-21-10-11-23(4)17(26)28-13-14-6-8-15(9-7-14)24(5)18(27)30-19(22(2)3)29-16(25)12-20/h6-9,19,21H,10-13,20H2,1-5H3. The van der Waals surface area contributed by atoms with Gasteiger partial charge in [-0.3, -0.25) is 9.69 Å². The van der Waals surface area contributed by atoms with E-state index in [2.05, 4.69) is 5.32 Å². The Morgan fingerprint density at radius 2 is 1.67 bits per heavy atom. The van der Waals surface area contributed by atoms with E-state index in [-0.39, 0.29) is 13.2 Å². The molecule has 0 saturated carbocycles. The van der Waals surface area contributed by atoms with Crippen molar-refractivity contribution in [1.29, 1.82) is 0 Å². The molecule has 1 atom stereocenters. The van der Waals surface area contributed by atoms with E-state index >= 15 is 0 Å². The second kappa shape index (κ2) is 12.6. The first-order valence-corrected chi connectivity index (χ1v) is 9.31. The van der Waals surface area contributed by atoms with Crippen LogP contribution in [0.1, 0.15) is 5.56 Å². The van der Waals surface area contributed by atoms with Crippen molar-refractivity contribution in [2.45, 2.75) is 13.0 Å². The Morgan fingerprint density at radius 1 is 1.03 bits per heavy atom. The molecule has 2 amide bonds. The molecule has 0 bridgehead atoms. The van der Waals surface area contributed by atoms with Crippen LogP contribution in [0.2, 0.25) is 0 Å². The summed E-state index contributed by atoms with van der Waals surface area (Å²) in [6.45, 7) is 0.989. The Labute approximate surface area is 176 Å². The average Bonchev–Trinajstić information content (AvgIpc) is 2.74. The number of hydrogen-bond donors (Lipinski definition) is 2. The lowest BCUT2D eigenvalue weighted by atomic mass is 10.2. The Morgan fingerprint density at radius 3 is 2.20 bits per heavy atom. The fourth-order valence-electron chi connectivity index (χ4n) is 2.11. The van der Waals surface area contributed by atoms with Crippen molar-refractivity contribution in [2.24, 2.45) is 5.73 Å². The van der Waals surface area contributed by atoms with Gasteiger partial charge in [-0.05, 0) is 38.8 Å². The number of carbonyl (C=O) groups is 3. The maximum Gasteiger partial charge on any atom is 0.418 e. The molecule has 1 aromatic carbocycles. The van der Waals surface area contributed by atoms with Crippen LogP contribution in [0.15, 0.2) is 24.3 Å². The number of nitrogens with one attached hydrogen (secondary N) is 1. The number of nitrogens with two attached hydrogens (primary N) is 1. The molecule has 1 unspecified atom stereocenters. The molecule has 0 aliphatic carbocycles. The highest BCUT2D eigenvalue weighted by Gasteiger charge is 2.23. The van der Waals surface area contributed by atoms with E-state index in [0.29, 0.717) is 18.8 Å². The van der Waals surface area contributed by atoms with Crippen LogP contribution in [0.5, 0.6) is 0 Å². The summed E-state index contributed by atoms with van der Waals surface area (Å²) in [4.78, 5) is 39.8. The van der Waals surface area contributed by atoms with Crippen LogP contribution in [0.3, 0.4) is 0 Å². The van der Waals surface area contributed by atoms with Crippen molar-refractivity contribution >= 4 is 23.8 Å². The minimum absolute atomic E-state index is 0.106. The quantitative estimate of drug-likeness (QED) is 0.404. The lowest BCUT2D eigenvalue weighted by Crippen LogP contribution is -2.41. The summed E-state index contributed by atoms with van der Waals surface area (Å²) in [5.74, 6) is -0.695. The lowest BCUT2D eigenvalue weighted by molar-refractivity contribution is -0.192. The van der Waals surface area contributed by atoms with Crippen LogP contribution in [0.4, 0.5) is 15.3 Å². The number of likely N-dealkylation sites (N-methyl/N-ethyl adjacent to an activating group) is 2. The Bertz CT molecular complexity index is 697. The van der Waals surface area contributed by atoms with Gasteiger partial charge in [0.1, 0.15) is 6.61 Å². The van der Waals surface area contributed by atoms with E-state index < -0.39 is 24.6 Å². The number of amides is 2. The van der Waals surface area contributed by atoms with Gasteiger partial charge in [0.25, 0.3) is 0 Å². The second-order valence-electron chi connectivity index (χ2n) is 6.65. The molecule has 0 spiro atoms. The van der Waals surface area contributed by atoms with Gasteiger partial charge >= 0.3 is 24.6 Å². The van der Waals surface area contributed by atoms with Crippen molar-refractivity contribution in [2.75, 3.05) is 59.8 Å². The van der Waals surface area contributed by atoms with E-state index in [1.165, 1.54) is 21.7 Å². The largest absolute Gasteiger partial charge is 0.445 e. The van der Waals surface area contributed by atoms with Gasteiger partial charge in [0.05, 0.1) is 6.54 Å². The minimum Gasteiger partial charge on any atom is -0.445 e. The first-order chi connectivity index (χ1) is 14.2. The van der Waals surface area contributed by atoms with Gasteiger partial charge in [-0.1, -0.05) is 12.1 Å². The van der Waals surface area contributed by atoms with Crippen molar-refractivity contribution in [1.82, 2.24) is 15.1 Å². The first-order valence-electron chi connectivity index (χ1n) is 9.31. The predicted molar refractivity (Wildman–Crippen MR) is 111 cm³/mol. The molecule has 0 aromatic heterocycles. The molecule has 11 heteroatoms. The van der Waals surface area contributed by atoms with Crippen molar-refractivity contribution in [3.05, 3.63) is 29.8 Å². The number of carbonyl (C=O) groups excluding carboxylic acids is 3. The van der Waals surface area contributed by atoms with Crippen LogP contribution < -0.4 is 16.0 Å². The van der Waals surface area contributed by atoms with Crippen LogP contribution >= 0.6 is 0 Å². The molecular weight excluding hydrogens is 394 g/mol. The zero-order valence-corrected chi connectivity index (χ0v) is 18.1. The molecule has 1 rings (SSSR count). The molecule has 0 fully saturated rings. The molecule has 0 saturated heterocycles. The maximum atomic E-state index is 12.4. The van der Waals surface area contributed by atoms with Crippen molar-refractivity contribution in [3.8, 4) is 0 Å². The van der Waals surface area contributed by atoms with Gasteiger partial charge in [0, 0.05) is 32.9 Å². The molecule has 11 nitrogen and oxygen atoms in total. The fraction of sp³-hybridized carbons (Fsp3) is 0.526. The minimum atomic E-state index is -1.20. The van der Waals surface area contributed by atoms with Crippen LogP contribution in [-0.4, -0.2) is 89.2 Å². The number of hydrogen-bond acceptors (Lipinski definition) is 9. The zero-order chi connectivity index (χ0) is 22.7. The molecule has 30 heavy (non-hydrogen) atoms. The summed E-state index contributed by atoms with van der Waals surface area (Å²) in [5, 5.41) is 2.96. The van der Waals surface area contributed by atoms with E-state index in [9.17, 15) is 14.4 Å². The lowest BCUT2D eigenvalue weighted by Gasteiger charge is -2.26. The van der Waals surface area contributed by atoms with Crippen LogP contribution in [-0.2, 0) is 25.6 Å². The number of ether oxygens (including phenoxy) is 3. The maximum absolute atomic E-state index is 12.4. The summed E-state index contributed by atoms with van der Waals surface area (Å²) >= 11 is 0. The highest BCUT2D eigenvalue weighted by Crippen LogP contribution is 2.16. The Hall–Kier alpha value is -2.89. The zero-order valence-electron chi connectivity index (χ0n) is 18.1. The number of nitrogens with zero attached hydrogens (tertiary/aromatic N) is 3. The number of benzene rings is 1. The number of rotatable bonds is 10. The molecule has 0 heterocycles. The third-order valence-corrected chi connectivity index (χ3v) is 3.99. The van der Waals surface area contributed by atoms with Gasteiger partial charge in [-0.25, -0.2) is 14.5 Å². The monoisotopic (exact) mass is 425 g/mol. The normalized spacial score (nSPS) is 11.6. The third kappa shape index (κ3) is 8.23. The van der Waals surface area contributed by atoms with E-state index in [1.54, 1.807) is 52.5 Å². The Kier molecular flexibility index (Phi) is 10.6. The summed E-state index contributed by atoms with van der Waals surface area (Å²) in [7, 11) is 8.17. The summed E-state index contributed by atoms with van der Waals surface area (Å²) in [5.41, 5.74) is 6.52. The predicted octanol–water partition coefficient (Wildman–Crippen LogP) is 0.394. The van der Waals surface area contributed by atoms with Crippen LogP contribution in [0, 0.1) is 0 Å². The molecule has 1 aromatic rings. The highest BCUT2D eigenvalue weighted by atomic mass is 16.7. The Balaban J connectivity index is 2.63. The smallest absolute Gasteiger partial charge is 0.418 e. The third-order valence-electron chi connectivity index (χ3n) is 3.99. The molecular formula is C19H31N5O6. The van der Waals surface area contributed by atoms with Gasteiger partial charge in [-0.2, -0.15) is 0 Å². The van der Waals surface area contributed by atoms with Gasteiger partial charge in [0.2, 0.25) is 0 Å². The van der Waals surface area contributed by atoms with Crippen molar-refractivity contribution in [3.63, 3.8) is 0 Å². The average molecular weight is 425 g/mol. The van der Waals surface area contributed by atoms with Crippen LogP contribution in [0.25, 0.3) is 0 Å². The van der Waals surface area contributed by atoms with Crippen molar-refractivity contribution < 1.29 is 28.6 Å². The second-order valence-corrected chi connectivity index (χ2v) is 6.65. The van der Waals surface area contributed by atoms with E-state index in [1.807, 2.05) is 0 Å². The van der Waals surface area contributed by atoms with Gasteiger partial charge in [-0.15, -0.1) is 0 Å².